The first kappa shape index (κ1) is 15.0. The molecule has 0 amide bonds. The molecule has 0 bridgehead atoms. The number of anilines is 2. The summed E-state index contributed by atoms with van der Waals surface area (Å²) in [6, 6.07) is 2.88. The molecule has 22 heavy (non-hydrogen) atoms. The van der Waals surface area contributed by atoms with Gasteiger partial charge in [-0.15, -0.1) is 0 Å². The van der Waals surface area contributed by atoms with Crippen molar-refractivity contribution in [3.05, 3.63) is 5.82 Å². The zero-order chi connectivity index (χ0) is 15.2. The Kier molecular flexibility index (Phi) is 5.04. The van der Waals surface area contributed by atoms with E-state index in [9.17, 15) is 0 Å². The highest BCUT2D eigenvalue weighted by Gasteiger charge is 2.18. The van der Waals surface area contributed by atoms with Crippen molar-refractivity contribution in [1.82, 2.24) is 15.0 Å². The van der Waals surface area contributed by atoms with E-state index in [2.05, 4.69) is 25.6 Å². The second kappa shape index (κ2) is 7.39. The van der Waals surface area contributed by atoms with Crippen LogP contribution in [0.25, 0.3) is 0 Å². The van der Waals surface area contributed by atoms with Crippen LogP contribution in [0.1, 0.15) is 70.0 Å². The highest BCUT2D eigenvalue weighted by molar-refractivity contribution is 5.38. The van der Waals surface area contributed by atoms with Crippen molar-refractivity contribution in [3.63, 3.8) is 0 Å². The molecule has 0 unspecified atom stereocenters. The molecule has 3 rings (SSSR count). The van der Waals surface area contributed by atoms with Gasteiger partial charge in [0.2, 0.25) is 17.7 Å². The fraction of sp³-hybridized carbons (Fsp3) is 0.750. The fourth-order valence-electron chi connectivity index (χ4n) is 3.41. The molecule has 2 aliphatic carbocycles. The van der Waals surface area contributed by atoms with Gasteiger partial charge < -0.3 is 10.6 Å². The van der Waals surface area contributed by atoms with Gasteiger partial charge in [-0.2, -0.15) is 20.2 Å². The maximum Gasteiger partial charge on any atom is 0.238 e. The van der Waals surface area contributed by atoms with Crippen molar-refractivity contribution in [2.75, 3.05) is 10.6 Å². The Morgan fingerprint density at radius 3 is 1.59 bits per heavy atom. The van der Waals surface area contributed by atoms with Crippen molar-refractivity contribution < 1.29 is 0 Å². The predicted octanol–water partition coefficient (Wildman–Crippen LogP) is 3.23. The smallest absolute Gasteiger partial charge is 0.238 e. The number of nitrogens with zero attached hydrogens (tertiary/aromatic N) is 4. The zero-order valence-corrected chi connectivity index (χ0v) is 13.0. The largest absolute Gasteiger partial charge is 0.351 e. The van der Waals surface area contributed by atoms with E-state index >= 15 is 0 Å². The number of nitriles is 1. The molecule has 0 aromatic carbocycles. The van der Waals surface area contributed by atoms with Crippen molar-refractivity contribution >= 4 is 11.9 Å². The van der Waals surface area contributed by atoms with Crippen molar-refractivity contribution in [3.8, 4) is 6.07 Å². The van der Waals surface area contributed by atoms with E-state index in [1.54, 1.807) is 0 Å². The lowest BCUT2D eigenvalue weighted by Crippen LogP contribution is -2.26. The third-order valence-corrected chi connectivity index (χ3v) is 4.61. The van der Waals surface area contributed by atoms with Gasteiger partial charge in [0.25, 0.3) is 0 Å². The van der Waals surface area contributed by atoms with Crippen LogP contribution in [-0.2, 0) is 0 Å². The minimum absolute atomic E-state index is 0.187. The Labute approximate surface area is 131 Å². The molecule has 1 heterocycles. The van der Waals surface area contributed by atoms with Gasteiger partial charge in [-0.3, -0.25) is 0 Å². The summed E-state index contributed by atoms with van der Waals surface area (Å²) in [7, 11) is 0. The molecule has 1 aromatic heterocycles. The Morgan fingerprint density at radius 2 is 1.18 bits per heavy atom. The Balaban J connectivity index is 1.69. The summed E-state index contributed by atoms with van der Waals surface area (Å²) in [5, 5.41) is 15.9. The minimum atomic E-state index is 0.187. The molecule has 1 aromatic rings. The van der Waals surface area contributed by atoms with Gasteiger partial charge in [0.1, 0.15) is 6.07 Å². The molecule has 0 aliphatic heterocycles. The second-order valence-electron chi connectivity index (χ2n) is 6.38. The molecule has 0 atom stereocenters. The molecule has 0 spiro atoms. The molecule has 0 radical (unpaired) electrons. The molecule has 2 aliphatic rings. The molecule has 2 N–H and O–H groups in total. The van der Waals surface area contributed by atoms with E-state index in [0.29, 0.717) is 24.0 Å². The van der Waals surface area contributed by atoms with Crippen LogP contribution in [0.5, 0.6) is 0 Å². The Bertz CT molecular complexity index is 488. The highest BCUT2D eigenvalue weighted by atomic mass is 15.2. The normalized spacial score (nSPS) is 20.3. The standard InChI is InChI=1S/C16H24N6/c17-11-14-20-15(18-12-7-3-1-4-8-12)22-16(21-14)19-13-9-5-2-6-10-13/h12-13H,1-10H2,(H2,18,19,20,21,22). The summed E-state index contributed by atoms with van der Waals surface area (Å²) in [6.07, 6.45) is 12.2. The van der Waals surface area contributed by atoms with E-state index in [0.717, 1.165) is 25.7 Å². The number of aromatic nitrogens is 3. The molecular formula is C16H24N6. The SMILES string of the molecule is N#Cc1nc(NC2CCCCC2)nc(NC2CCCCC2)n1. The first-order chi connectivity index (χ1) is 10.8. The van der Waals surface area contributed by atoms with Gasteiger partial charge in [0.05, 0.1) is 0 Å². The lowest BCUT2D eigenvalue weighted by atomic mass is 9.96. The van der Waals surface area contributed by atoms with E-state index in [1.165, 1.54) is 38.5 Å². The number of rotatable bonds is 4. The molecular weight excluding hydrogens is 276 g/mol. The van der Waals surface area contributed by atoms with Crippen molar-refractivity contribution in [2.24, 2.45) is 0 Å². The quantitative estimate of drug-likeness (QED) is 0.887. The summed E-state index contributed by atoms with van der Waals surface area (Å²) in [6.45, 7) is 0. The van der Waals surface area contributed by atoms with Gasteiger partial charge in [-0.05, 0) is 25.7 Å². The maximum absolute atomic E-state index is 9.14. The molecule has 0 saturated heterocycles. The molecule has 6 nitrogen and oxygen atoms in total. The lowest BCUT2D eigenvalue weighted by Gasteiger charge is -2.24. The van der Waals surface area contributed by atoms with Crippen LogP contribution in [0, 0.1) is 11.3 Å². The van der Waals surface area contributed by atoms with E-state index in [4.69, 9.17) is 5.26 Å². The lowest BCUT2D eigenvalue weighted by molar-refractivity contribution is 0.458. The number of hydrogen-bond acceptors (Lipinski definition) is 6. The molecule has 2 fully saturated rings. The van der Waals surface area contributed by atoms with Gasteiger partial charge in [0.15, 0.2) is 0 Å². The summed E-state index contributed by atoms with van der Waals surface area (Å²) >= 11 is 0. The van der Waals surface area contributed by atoms with Gasteiger partial charge in [-0.1, -0.05) is 38.5 Å². The second-order valence-corrected chi connectivity index (χ2v) is 6.38. The summed E-state index contributed by atoms with van der Waals surface area (Å²) in [5.41, 5.74) is 0. The minimum Gasteiger partial charge on any atom is -0.351 e. The maximum atomic E-state index is 9.14. The average Bonchev–Trinajstić information content (AvgIpc) is 2.56. The first-order valence-electron chi connectivity index (χ1n) is 8.53. The van der Waals surface area contributed by atoms with Gasteiger partial charge in [-0.25, -0.2) is 0 Å². The topological polar surface area (TPSA) is 86.5 Å². The van der Waals surface area contributed by atoms with E-state index in [1.807, 2.05) is 6.07 Å². The fourth-order valence-corrected chi connectivity index (χ4v) is 3.41. The van der Waals surface area contributed by atoms with Crippen LogP contribution < -0.4 is 10.6 Å². The monoisotopic (exact) mass is 300 g/mol. The summed E-state index contributed by atoms with van der Waals surface area (Å²) in [4.78, 5) is 12.9. The van der Waals surface area contributed by atoms with E-state index in [-0.39, 0.29) is 5.82 Å². The highest BCUT2D eigenvalue weighted by Crippen LogP contribution is 2.22. The third-order valence-electron chi connectivity index (χ3n) is 4.61. The molecule has 118 valence electrons. The van der Waals surface area contributed by atoms with Crippen LogP contribution >= 0.6 is 0 Å². The summed E-state index contributed by atoms with van der Waals surface area (Å²) < 4.78 is 0. The van der Waals surface area contributed by atoms with Gasteiger partial charge >= 0.3 is 0 Å². The Morgan fingerprint density at radius 1 is 0.727 bits per heavy atom. The molecule has 6 heteroatoms. The van der Waals surface area contributed by atoms with Crippen LogP contribution in [0.2, 0.25) is 0 Å². The Hall–Kier alpha value is -1.90. The van der Waals surface area contributed by atoms with Crippen molar-refractivity contribution in [1.29, 1.82) is 5.26 Å². The predicted molar refractivity (Wildman–Crippen MR) is 85.5 cm³/mol. The zero-order valence-electron chi connectivity index (χ0n) is 13.0. The van der Waals surface area contributed by atoms with Crippen LogP contribution in [-0.4, -0.2) is 27.0 Å². The molecule has 2 saturated carbocycles. The number of nitrogens with one attached hydrogen (secondary N) is 2. The number of hydrogen-bond donors (Lipinski definition) is 2. The van der Waals surface area contributed by atoms with E-state index < -0.39 is 0 Å². The third kappa shape index (κ3) is 4.06. The first-order valence-corrected chi connectivity index (χ1v) is 8.53. The summed E-state index contributed by atoms with van der Waals surface area (Å²) in [5.74, 6) is 1.26. The average molecular weight is 300 g/mol. The van der Waals surface area contributed by atoms with Gasteiger partial charge in [0, 0.05) is 12.1 Å². The van der Waals surface area contributed by atoms with Crippen LogP contribution in [0.3, 0.4) is 0 Å². The van der Waals surface area contributed by atoms with Crippen LogP contribution in [0.15, 0.2) is 0 Å². The van der Waals surface area contributed by atoms with Crippen LogP contribution in [0.4, 0.5) is 11.9 Å². The van der Waals surface area contributed by atoms with Crippen molar-refractivity contribution in [2.45, 2.75) is 76.3 Å².